The molecule has 0 unspecified atom stereocenters. The zero-order chi connectivity index (χ0) is 14.2. The minimum absolute atomic E-state index is 0.525. The van der Waals surface area contributed by atoms with Gasteiger partial charge in [0.2, 0.25) is 0 Å². The molecular formula is C16H30N4. The van der Waals surface area contributed by atoms with Crippen molar-refractivity contribution >= 4 is 5.96 Å². The molecule has 2 aliphatic carbocycles. The summed E-state index contributed by atoms with van der Waals surface area (Å²) < 4.78 is 0. The molecule has 0 atom stereocenters. The molecule has 0 spiro atoms. The molecule has 1 saturated carbocycles. The quantitative estimate of drug-likeness (QED) is 0.460. The third-order valence-electron chi connectivity index (χ3n) is 4.53. The molecule has 114 valence electrons. The van der Waals surface area contributed by atoms with E-state index >= 15 is 0 Å². The molecule has 20 heavy (non-hydrogen) atoms. The lowest BCUT2D eigenvalue weighted by Gasteiger charge is -2.31. The predicted octanol–water partition coefficient (Wildman–Crippen LogP) is 2.13. The van der Waals surface area contributed by atoms with Crippen LogP contribution in [0.3, 0.4) is 0 Å². The number of likely N-dealkylation sites (N-methyl/N-ethyl adjacent to an activating group) is 1. The summed E-state index contributed by atoms with van der Waals surface area (Å²) in [5.41, 5.74) is 0. The maximum absolute atomic E-state index is 4.31. The van der Waals surface area contributed by atoms with Gasteiger partial charge >= 0.3 is 0 Å². The highest BCUT2D eigenvalue weighted by Gasteiger charge is 2.17. The average Bonchev–Trinajstić information content (AvgIpc) is 3.00. The number of hydrogen-bond acceptors (Lipinski definition) is 2. The van der Waals surface area contributed by atoms with Gasteiger partial charge in [-0.3, -0.25) is 4.99 Å². The number of hydrogen-bond donors (Lipinski definition) is 2. The molecule has 4 nitrogen and oxygen atoms in total. The largest absolute Gasteiger partial charge is 0.355 e. The summed E-state index contributed by atoms with van der Waals surface area (Å²) in [6, 6.07) is 1.32. The van der Waals surface area contributed by atoms with Crippen LogP contribution >= 0.6 is 0 Å². The van der Waals surface area contributed by atoms with E-state index < -0.39 is 0 Å². The Morgan fingerprint density at radius 1 is 1.20 bits per heavy atom. The van der Waals surface area contributed by atoms with Crippen molar-refractivity contribution in [1.29, 1.82) is 0 Å². The highest BCUT2D eigenvalue weighted by atomic mass is 15.2. The second kappa shape index (κ2) is 8.30. The van der Waals surface area contributed by atoms with Crippen molar-refractivity contribution in [3.63, 3.8) is 0 Å². The van der Waals surface area contributed by atoms with Crippen molar-refractivity contribution in [2.24, 2.45) is 4.99 Å². The van der Waals surface area contributed by atoms with Crippen molar-refractivity contribution in [2.45, 2.75) is 57.0 Å². The van der Waals surface area contributed by atoms with E-state index in [2.05, 4.69) is 39.7 Å². The number of aliphatic imine (C=N–C) groups is 1. The first-order chi connectivity index (χ1) is 9.79. The maximum Gasteiger partial charge on any atom is 0.191 e. The van der Waals surface area contributed by atoms with Crippen molar-refractivity contribution in [1.82, 2.24) is 15.5 Å². The monoisotopic (exact) mass is 278 g/mol. The molecule has 0 amide bonds. The van der Waals surface area contributed by atoms with E-state index in [1.165, 1.54) is 32.1 Å². The molecule has 0 aliphatic heterocycles. The van der Waals surface area contributed by atoms with Gasteiger partial charge in [-0.15, -0.1) is 0 Å². The first kappa shape index (κ1) is 15.4. The van der Waals surface area contributed by atoms with E-state index in [9.17, 15) is 0 Å². The van der Waals surface area contributed by atoms with Gasteiger partial charge in [-0.1, -0.05) is 31.4 Å². The predicted molar refractivity (Wildman–Crippen MR) is 86.2 cm³/mol. The topological polar surface area (TPSA) is 39.7 Å². The van der Waals surface area contributed by atoms with Crippen molar-refractivity contribution in [3.8, 4) is 0 Å². The Hall–Kier alpha value is -1.03. The fourth-order valence-electron chi connectivity index (χ4n) is 3.18. The van der Waals surface area contributed by atoms with Crippen LogP contribution in [-0.2, 0) is 0 Å². The number of nitrogens with one attached hydrogen (secondary N) is 2. The molecule has 2 N–H and O–H groups in total. The van der Waals surface area contributed by atoms with Crippen LogP contribution in [0.15, 0.2) is 17.1 Å². The summed E-state index contributed by atoms with van der Waals surface area (Å²) >= 11 is 0. The van der Waals surface area contributed by atoms with Crippen molar-refractivity contribution in [2.75, 3.05) is 27.2 Å². The van der Waals surface area contributed by atoms with Gasteiger partial charge in [-0.25, -0.2) is 0 Å². The third kappa shape index (κ3) is 4.82. The third-order valence-corrected chi connectivity index (χ3v) is 4.53. The first-order valence-corrected chi connectivity index (χ1v) is 8.12. The van der Waals surface area contributed by atoms with E-state index in [0.717, 1.165) is 37.9 Å². The number of guanidine groups is 1. The molecule has 0 radical (unpaired) electrons. The maximum atomic E-state index is 4.31. The van der Waals surface area contributed by atoms with Crippen LogP contribution in [0.5, 0.6) is 0 Å². The minimum Gasteiger partial charge on any atom is -0.355 e. The Balaban J connectivity index is 1.62. The zero-order valence-electron chi connectivity index (χ0n) is 13.1. The molecule has 1 fully saturated rings. The van der Waals surface area contributed by atoms with Gasteiger partial charge in [0.25, 0.3) is 0 Å². The van der Waals surface area contributed by atoms with Crippen LogP contribution in [0.25, 0.3) is 0 Å². The lowest BCUT2D eigenvalue weighted by molar-refractivity contribution is 0.194. The highest BCUT2D eigenvalue weighted by molar-refractivity contribution is 5.80. The SMILES string of the molecule is CN=C(NCCN(C)C1CCCCC1)NC1CC=CC1. The van der Waals surface area contributed by atoms with Crippen LogP contribution in [0.1, 0.15) is 44.9 Å². The minimum atomic E-state index is 0.525. The van der Waals surface area contributed by atoms with Gasteiger partial charge in [0.15, 0.2) is 5.96 Å². The highest BCUT2D eigenvalue weighted by Crippen LogP contribution is 2.21. The van der Waals surface area contributed by atoms with Gasteiger partial charge in [0, 0.05) is 32.2 Å². The van der Waals surface area contributed by atoms with E-state index in [4.69, 9.17) is 0 Å². The summed E-state index contributed by atoms with van der Waals surface area (Å²) in [5.74, 6) is 0.941. The standard InChI is InChI=1S/C16H30N4/c1-17-16(19-14-8-6-7-9-14)18-12-13-20(2)15-10-4-3-5-11-15/h6-7,14-15H,3-5,8-13H2,1-2H3,(H2,17,18,19). The van der Waals surface area contributed by atoms with Gasteiger partial charge in [-0.05, 0) is 32.7 Å². The van der Waals surface area contributed by atoms with Crippen LogP contribution < -0.4 is 10.6 Å². The van der Waals surface area contributed by atoms with Crippen LogP contribution in [0, 0.1) is 0 Å². The van der Waals surface area contributed by atoms with Crippen molar-refractivity contribution < 1.29 is 0 Å². The van der Waals surface area contributed by atoms with E-state index in [1.54, 1.807) is 0 Å². The number of nitrogens with zero attached hydrogens (tertiary/aromatic N) is 2. The molecular weight excluding hydrogens is 248 g/mol. The summed E-state index contributed by atoms with van der Waals surface area (Å²) in [4.78, 5) is 6.82. The first-order valence-electron chi connectivity index (χ1n) is 8.12. The molecule has 0 heterocycles. The molecule has 0 aromatic heterocycles. The lowest BCUT2D eigenvalue weighted by atomic mass is 9.94. The normalized spacial score (nSPS) is 21.6. The Labute approximate surface area is 123 Å². The van der Waals surface area contributed by atoms with E-state index in [0.29, 0.717) is 6.04 Å². The fraction of sp³-hybridized carbons (Fsp3) is 0.812. The average molecular weight is 278 g/mol. The smallest absolute Gasteiger partial charge is 0.191 e. The van der Waals surface area contributed by atoms with Gasteiger partial charge in [0.05, 0.1) is 0 Å². The summed E-state index contributed by atoms with van der Waals surface area (Å²) in [5, 5.41) is 6.91. The molecule has 4 heteroatoms. The molecule has 0 bridgehead atoms. The molecule has 2 rings (SSSR count). The van der Waals surface area contributed by atoms with Crippen LogP contribution in [0.2, 0.25) is 0 Å². The lowest BCUT2D eigenvalue weighted by Crippen LogP contribution is -2.46. The fourth-order valence-corrected chi connectivity index (χ4v) is 3.18. The summed E-state index contributed by atoms with van der Waals surface area (Å²) in [6.45, 7) is 2.06. The van der Waals surface area contributed by atoms with Crippen LogP contribution in [0.4, 0.5) is 0 Å². The van der Waals surface area contributed by atoms with E-state index in [-0.39, 0.29) is 0 Å². The molecule has 0 saturated heterocycles. The Morgan fingerprint density at radius 3 is 2.55 bits per heavy atom. The van der Waals surface area contributed by atoms with Crippen molar-refractivity contribution in [3.05, 3.63) is 12.2 Å². The number of rotatable bonds is 5. The molecule has 2 aliphatic rings. The van der Waals surface area contributed by atoms with Gasteiger partial charge in [0.1, 0.15) is 0 Å². The second-order valence-corrected chi connectivity index (χ2v) is 6.06. The summed E-state index contributed by atoms with van der Waals surface area (Å²) in [6.07, 6.45) is 13.7. The molecule has 0 aromatic carbocycles. The second-order valence-electron chi connectivity index (χ2n) is 6.06. The van der Waals surface area contributed by atoms with E-state index in [1.807, 2.05) is 7.05 Å². The Morgan fingerprint density at radius 2 is 1.90 bits per heavy atom. The Kier molecular flexibility index (Phi) is 6.37. The molecule has 0 aromatic rings. The van der Waals surface area contributed by atoms with Gasteiger partial charge in [-0.2, -0.15) is 0 Å². The Bertz CT molecular complexity index is 323. The van der Waals surface area contributed by atoms with Gasteiger partial charge < -0.3 is 15.5 Å². The zero-order valence-corrected chi connectivity index (χ0v) is 13.1. The summed E-state index contributed by atoms with van der Waals surface area (Å²) in [7, 11) is 4.11. The van der Waals surface area contributed by atoms with Crippen LogP contribution in [-0.4, -0.2) is 50.1 Å².